The first-order valence-electron chi connectivity index (χ1n) is 5.11. The molecule has 4 heteroatoms. The molecule has 0 aliphatic carbocycles. The zero-order valence-corrected chi connectivity index (χ0v) is 9.87. The summed E-state index contributed by atoms with van der Waals surface area (Å²) in [5.74, 6) is 3.41. The zero-order valence-electron chi connectivity index (χ0n) is 8.24. The molecular formula is C10H16N2S2. The van der Waals surface area contributed by atoms with Crippen LogP contribution in [0, 0.1) is 5.92 Å². The minimum absolute atomic E-state index is 0.939. The van der Waals surface area contributed by atoms with Crippen molar-refractivity contribution in [2.24, 2.45) is 5.92 Å². The molecule has 0 unspecified atom stereocenters. The molecular weight excluding hydrogens is 212 g/mol. The van der Waals surface area contributed by atoms with Gasteiger partial charge in [0, 0.05) is 16.8 Å². The van der Waals surface area contributed by atoms with E-state index in [0.29, 0.717) is 0 Å². The van der Waals surface area contributed by atoms with Crippen LogP contribution in [0.15, 0.2) is 11.7 Å². The summed E-state index contributed by atoms with van der Waals surface area (Å²) in [7, 11) is 0. The molecule has 2 heterocycles. The highest BCUT2D eigenvalue weighted by molar-refractivity contribution is 7.98. The third kappa shape index (κ3) is 3.26. The van der Waals surface area contributed by atoms with Crippen LogP contribution in [0.1, 0.15) is 17.7 Å². The molecule has 1 fully saturated rings. The van der Waals surface area contributed by atoms with Gasteiger partial charge in [-0.25, -0.2) is 0 Å². The SMILES string of the molecule is c1ncc(CSCC2CCNCC2)s1. The number of aromatic nitrogens is 1. The van der Waals surface area contributed by atoms with Crippen LogP contribution < -0.4 is 5.32 Å². The molecule has 0 atom stereocenters. The molecule has 0 spiro atoms. The van der Waals surface area contributed by atoms with Crippen molar-refractivity contribution in [1.82, 2.24) is 10.3 Å². The second-order valence-electron chi connectivity index (χ2n) is 3.68. The number of nitrogens with zero attached hydrogens (tertiary/aromatic N) is 1. The van der Waals surface area contributed by atoms with Crippen LogP contribution in [0.25, 0.3) is 0 Å². The van der Waals surface area contributed by atoms with Crippen molar-refractivity contribution in [3.8, 4) is 0 Å². The van der Waals surface area contributed by atoms with Crippen LogP contribution in [-0.2, 0) is 5.75 Å². The van der Waals surface area contributed by atoms with E-state index in [-0.39, 0.29) is 0 Å². The number of piperidine rings is 1. The van der Waals surface area contributed by atoms with Gasteiger partial charge < -0.3 is 5.32 Å². The van der Waals surface area contributed by atoms with E-state index >= 15 is 0 Å². The molecule has 0 saturated carbocycles. The molecule has 1 aromatic heterocycles. The summed E-state index contributed by atoms with van der Waals surface area (Å²) in [6, 6.07) is 0. The summed E-state index contributed by atoms with van der Waals surface area (Å²) in [5.41, 5.74) is 1.92. The van der Waals surface area contributed by atoms with Gasteiger partial charge in [0.05, 0.1) is 5.51 Å². The van der Waals surface area contributed by atoms with Gasteiger partial charge in [-0.2, -0.15) is 11.8 Å². The number of hydrogen-bond acceptors (Lipinski definition) is 4. The summed E-state index contributed by atoms with van der Waals surface area (Å²) < 4.78 is 0. The van der Waals surface area contributed by atoms with Gasteiger partial charge in [0.2, 0.25) is 0 Å². The Labute approximate surface area is 93.5 Å². The molecule has 1 aromatic rings. The first-order valence-corrected chi connectivity index (χ1v) is 7.14. The van der Waals surface area contributed by atoms with E-state index in [4.69, 9.17) is 0 Å². The Morgan fingerprint density at radius 3 is 3.07 bits per heavy atom. The molecule has 14 heavy (non-hydrogen) atoms. The summed E-state index contributed by atoms with van der Waals surface area (Å²) >= 11 is 3.83. The first kappa shape index (κ1) is 10.5. The van der Waals surface area contributed by atoms with E-state index in [1.54, 1.807) is 11.3 Å². The Bertz CT molecular complexity index is 243. The van der Waals surface area contributed by atoms with Crippen molar-refractivity contribution in [2.75, 3.05) is 18.8 Å². The molecule has 0 bridgehead atoms. The molecule has 1 saturated heterocycles. The van der Waals surface area contributed by atoms with Gasteiger partial charge in [-0.15, -0.1) is 11.3 Å². The predicted molar refractivity (Wildman–Crippen MR) is 63.9 cm³/mol. The van der Waals surface area contributed by atoms with Crippen LogP contribution in [0.2, 0.25) is 0 Å². The van der Waals surface area contributed by atoms with Crippen molar-refractivity contribution in [3.63, 3.8) is 0 Å². The Morgan fingerprint density at radius 2 is 2.36 bits per heavy atom. The number of hydrogen-bond donors (Lipinski definition) is 1. The summed E-state index contributed by atoms with van der Waals surface area (Å²) in [6.45, 7) is 2.43. The molecule has 1 N–H and O–H groups in total. The van der Waals surface area contributed by atoms with Gasteiger partial charge in [-0.1, -0.05) is 0 Å². The number of thioether (sulfide) groups is 1. The average molecular weight is 228 g/mol. The largest absolute Gasteiger partial charge is 0.317 e. The Morgan fingerprint density at radius 1 is 1.50 bits per heavy atom. The molecule has 2 nitrogen and oxygen atoms in total. The standard InChI is InChI=1S/C10H16N2S2/c1-3-11-4-2-9(1)6-13-7-10-5-12-8-14-10/h5,8-9,11H,1-4,6-7H2. The predicted octanol–water partition coefficient (Wildman–Crippen LogP) is 2.38. The van der Waals surface area contributed by atoms with E-state index in [9.17, 15) is 0 Å². The van der Waals surface area contributed by atoms with Gasteiger partial charge in [-0.05, 0) is 37.6 Å². The van der Waals surface area contributed by atoms with Crippen LogP contribution >= 0.6 is 23.1 Å². The molecule has 0 radical (unpaired) electrons. The van der Waals surface area contributed by atoms with Crippen molar-refractivity contribution in [3.05, 3.63) is 16.6 Å². The van der Waals surface area contributed by atoms with Crippen molar-refractivity contribution in [1.29, 1.82) is 0 Å². The summed E-state index contributed by atoms with van der Waals surface area (Å²) in [4.78, 5) is 5.49. The Hall–Kier alpha value is -0.0600. The lowest BCUT2D eigenvalue weighted by molar-refractivity contribution is 0.408. The van der Waals surface area contributed by atoms with Gasteiger partial charge in [0.1, 0.15) is 0 Å². The van der Waals surface area contributed by atoms with E-state index < -0.39 is 0 Å². The lowest BCUT2D eigenvalue weighted by Crippen LogP contribution is -2.28. The molecule has 0 aromatic carbocycles. The summed E-state index contributed by atoms with van der Waals surface area (Å²) in [5, 5.41) is 3.40. The van der Waals surface area contributed by atoms with E-state index in [0.717, 1.165) is 11.7 Å². The first-order chi connectivity index (χ1) is 6.95. The number of thiazole rings is 1. The Kier molecular flexibility index (Phi) is 4.28. The monoisotopic (exact) mass is 228 g/mol. The highest BCUT2D eigenvalue weighted by Gasteiger charge is 2.12. The number of nitrogens with one attached hydrogen (secondary N) is 1. The van der Waals surface area contributed by atoms with Crippen LogP contribution in [-0.4, -0.2) is 23.8 Å². The minimum atomic E-state index is 0.939. The summed E-state index contributed by atoms with van der Waals surface area (Å²) in [6.07, 6.45) is 4.70. The van der Waals surface area contributed by atoms with Gasteiger partial charge in [-0.3, -0.25) is 4.98 Å². The maximum absolute atomic E-state index is 4.08. The highest BCUT2D eigenvalue weighted by atomic mass is 32.2. The molecule has 78 valence electrons. The third-order valence-corrected chi connectivity index (χ3v) is 4.72. The van der Waals surface area contributed by atoms with Crippen molar-refractivity contribution < 1.29 is 0 Å². The Balaban J connectivity index is 1.62. The maximum Gasteiger partial charge on any atom is 0.0794 e. The lowest BCUT2D eigenvalue weighted by Gasteiger charge is -2.21. The number of rotatable bonds is 4. The van der Waals surface area contributed by atoms with Gasteiger partial charge >= 0.3 is 0 Å². The van der Waals surface area contributed by atoms with Crippen molar-refractivity contribution in [2.45, 2.75) is 18.6 Å². The maximum atomic E-state index is 4.08. The van der Waals surface area contributed by atoms with Crippen molar-refractivity contribution >= 4 is 23.1 Å². The zero-order chi connectivity index (χ0) is 9.64. The second kappa shape index (κ2) is 5.73. The van der Waals surface area contributed by atoms with Gasteiger partial charge in [0.25, 0.3) is 0 Å². The fourth-order valence-electron chi connectivity index (χ4n) is 1.69. The second-order valence-corrected chi connectivity index (χ2v) is 5.68. The van der Waals surface area contributed by atoms with E-state index in [2.05, 4.69) is 22.1 Å². The minimum Gasteiger partial charge on any atom is -0.317 e. The molecule has 0 amide bonds. The lowest BCUT2D eigenvalue weighted by atomic mass is 10.0. The normalized spacial score (nSPS) is 18.6. The van der Waals surface area contributed by atoms with E-state index in [1.807, 2.05) is 11.7 Å². The third-order valence-electron chi connectivity index (χ3n) is 2.54. The smallest absolute Gasteiger partial charge is 0.0794 e. The van der Waals surface area contributed by atoms with Crippen LogP contribution in [0.3, 0.4) is 0 Å². The molecule has 2 rings (SSSR count). The van der Waals surface area contributed by atoms with E-state index in [1.165, 1.54) is 36.6 Å². The topological polar surface area (TPSA) is 24.9 Å². The van der Waals surface area contributed by atoms with Crippen LogP contribution in [0.4, 0.5) is 0 Å². The highest BCUT2D eigenvalue weighted by Crippen LogP contribution is 2.22. The average Bonchev–Trinajstić information content (AvgIpc) is 2.72. The fraction of sp³-hybridized carbons (Fsp3) is 0.700. The van der Waals surface area contributed by atoms with Gasteiger partial charge in [0.15, 0.2) is 0 Å². The molecule has 1 aliphatic heterocycles. The molecule has 1 aliphatic rings. The quantitative estimate of drug-likeness (QED) is 0.856. The van der Waals surface area contributed by atoms with Crippen LogP contribution in [0.5, 0.6) is 0 Å². The fourth-order valence-corrected chi connectivity index (χ4v) is 3.65.